The molecule has 0 aliphatic heterocycles. The van der Waals surface area contributed by atoms with E-state index in [1.165, 1.54) is 2.88 Å². The largest absolute Gasteiger partial charge is 0.497 e. The molecule has 0 saturated carbocycles. The van der Waals surface area contributed by atoms with Gasteiger partial charge in [-0.2, -0.15) is 0 Å². The summed E-state index contributed by atoms with van der Waals surface area (Å²) in [5, 5.41) is 3.31. The maximum atomic E-state index is 5.28. The molecular formula is C14H12IN3O2S. The highest BCUT2D eigenvalue weighted by Crippen LogP contribution is 2.33. The highest BCUT2D eigenvalue weighted by Gasteiger charge is 2.09. The molecule has 0 fully saturated rings. The molecule has 0 amide bonds. The standard InChI is InChI=1S/C14H12IN3O2S/c1-19-9-3-8(4-10(5-9)20-2)18-14-13-11(16-7-17-14)6-12(15)21-13/h3-7H,1-2H3,(H,16,17,18). The minimum atomic E-state index is 0.725. The van der Waals surface area contributed by atoms with Crippen LogP contribution < -0.4 is 14.8 Å². The summed E-state index contributed by atoms with van der Waals surface area (Å²) in [4.78, 5) is 8.61. The normalized spacial score (nSPS) is 10.6. The summed E-state index contributed by atoms with van der Waals surface area (Å²) < 4.78 is 12.8. The Labute approximate surface area is 139 Å². The summed E-state index contributed by atoms with van der Waals surface area (Å²) in [5.41, 5.74) is 1.80. The molecule has 0 aliphatic carbocycles. The van der Waals surface area contributed by atoms with E-state index in [-0.39, 0.29) is 0 Å². The zero-order valence-corrected chi connectivity index (χ0v) is 14.4. The summed E-state index contributed by atoms with van der Waals surface area (Å²) in [6.07, 6.45) is 1.56. The van der Waals surface area contributed by atoms with E-state index in [1.807, 2.05) is 24.3 Å². The van der Waals surface area contributed by atoms with E-state index in [9.17, 15) is 0 Å². The fourth-order valence-corrected chi connectivity index (χ4v) is 3.67. The van der Waals surface area contributed by atoms with Gasteiger partial charge in [0.1, 0.15) is 17.8 Å². The van der Waals surface area contributed by atoms with E-state index in [0.29, 0.717) is 0 Å². The van der Waals surface area contributed by atoms with Crippen LogP contribution in [0.2, 0.25) is 0 Å². The minimum absolute atomic E-state index is 0.725. The number of nitrogens with zero attached hydrogens (tertiary/aromatic N) is 2. The lowest BCUT2D eigenvalue weighted by Crippen LogP contribution is -1.96. The van der Waals surface area contributed by atoms with Crippen molar-refractivity contribution in [1.29, 1.82) is 0 Å². The predicted molar refractivity (Wildman–Crippen MR) is 93.0 cm³/mol. The number of anilines is 2. The number of aromatic nitrogens is 2. The van der Waals surface area contributed by atoms with Crippen molar-refractivity contribution in [3.05, 3.63) is 33.5 Å². The Bertz CT molecular complexity index is 769. The van der Waals surface area contributed by atoms with Crippen molar-refractivity contribution in [1.82, 2.24) is 9.97 Å². The molecule has 5 nitrogen and oxygen atoms in total. The number of nitrogens with one attached hydrogen (secondary N) is 1. The first-order valence-electron chi connectivity index (χ1n) is 6.09. The number of ether oxygens (including phenoxy) is 2. The lowest BCUT2D eigenvalue weighted by atomic mass is 10.2. The molecule has 0 unspecified atom stereocenters. The Kier molecular flexibility index (Phi) is 4.11. The van der Waals surface area contributed by atoms with Crippen LogP contribution in [0.5, 0.6) is 11.5 Å². The molecule has 1 N–H and O–H groups in total. The van der Waals surface area contributed by atoms with Crippen molar-refractivity contribution in [3.8, 4) is 11.5 Å². The molecule has 0 aliphatic rings. The van der Waals surface area contributed by atoms with Gasteiger partial charge in [0.2, 0.25) is 0 Å². The molecule has 2 heterocycles. The van der Waals surface area contributed by atoms with Gasteiger partial charge in [-0.05, 0) is 28.7 Å². The van der Waals surface area contributed by atoms with Gasteiger partial charge < -0.3 is 14.8 Å². The van der Waals surface area contributed by atoms with Crippen LogP contribution in [0, 0.1) is 2.88 Å². The summed E-state index contributed by atoms with van der Waals surface area (Å²) in [6.45, 7) is 0. The van der Waals surface area contributed by atoms with Crippen molar-refractivity contribution in [2.24, 2.45) is 0 Å². The number of rotatable bonds is 4. The molecule has 0 radical (unpaired) electrons. The molecule has 0 saturated heterocycles. The lowest BCUT2D eigenvalue weighted by Gasteiger charge is -2.10. The van der Waals surface area contributed by atoms with Crippen LogP contribution in [0.4, 0.5) is 11.5 Å². The summed E-state index contributed by atoms with van der Waals surface area (Å²) >= 11 is 3.94. The molecule has 3 rings (SSSR count). The average Bonchev–Trinajstić information content (AvgIpc) is 2.88. The van der Waals surface area contributed by atoms with Gasteiger partial charge in [0.25, 0.3) is 0 Å². The second-order valence-corrected chi connectivity index (χ2v) is 7.16. The zero-order chi connectivity index (χ0) is 14.8. The number of methoxy groups -OCH3 is 2. The van der Waals surface area contributed by atoms with Crippen molar-refractivity contribution in [2.45, 2.75) is 0 Å². The van der Waals surface area contributed by atoms with E-state index in [0.717, 1.165) is 33.2 Å². The zero-order valence-electron chi connectivity index (χ0n) is 11.4. The van der Waals surface area contributed by atoms with Crippen molar-refractivity contribution in [2.75, 3.05) is 19.5 Å². The second kappa shape index (κ2) is 6.02. The Morgan fingerprint density at radius 2 is 1.76 bits per heavy atom. The first-order valence-corrected chi connectivity index (χ1v) is 7.99. The minimum Gasteiger partial charge on any atom is -0.497 e. The average molecular weight is 413 g/mol. The second-order valence-electron chi connectivity index (χ2n) is 4.21. The van der Waals surface area contributed by atoms with E-state index in [4.69, 9.17) is 9.47 Å². The number of hydrogen-bond acceptors (Lipinski definition) is 6. The summed E-state index contributed by atoms with van der Waals surface area (Å²) in [7, 11) is 3.26. The van der Waals surface area contributed by atoms with Crippen molar-refractivity contribution in [3.63, 3.8) is 0 Å². The number of benzene rings is 1. The predicted octanol–water partition coefficient (Wildman–Crippen LogP) is 4.06. The molecule has 2 aromatic heterocycles. The van der Waals surface area contributed by atoms with E-state index >= 15 is 0 Å². The molecule has 21 heavy (non-hydrogen) atoms. The van der Waals surface area contributed by atoms with E-state index in [2.05, 4.69) is 37.9 Å². The molecule has 108 valence electrons. The quantitative estimate of drug-likeness (QED) is 0.654. The molecule has 0 bridgehead atoms. The molecule has 0 atom stereocenters. The highest BCUT2D eigenvalue weighted by molar-refractivity contribution is 14.1. The summed E-state index contributed by atoms with van der Waals surface area (Å²) in [5.74, 6) is 2.23. The lowest BCUT2D eigenvalue weighted by molar-refractivity contribution is 0.395. The van der Waals surface area contributed by atoms with E-state index in [1.54, 1.807) is 31.9 Å². The van der Waals surface area contributed by atoms with Crippen LogP contribution in [-0.2, 0) is 0 Å². The Hall–Kier alpha value is -1.61. The number of thiophene rings is 1. The van der Waals surface area contributed by atoms with Gasteiger partial charge in [-0.1, -0.05) is 0 Å². The van der Waals surface area contributed by atoms with Gasteiger partial charge in [-0.3, -0.25) is 0 Å². The van der Waals surface area contributed by atoms with Crippen LogP contribution >= 0.6 is 33.9 Å². The van der Waals surface area contributed by atoms with Crippen molar-refractivity contribution < 1.29 is 9.47 Å². The highest BCUT2D eigenvalue weighted by atomic mass is 127. The van der Waals surface area contributed by atoms with Gasteiger partial charge in [-0.25, -0.2) is 9.97 Å². The topological polar surface area (TPSA) is 56.3 Å². The van der Waals surface area contributed by atoms with Crippen LogP contribution in [0.3, 0.4) is 0 Å². The maximum absolute atomic E-state index is 5.28. The smallest absolute Gasteiger partial charge is 0.151 e. The molecular weight excluding hydrogens is 401 g/mol. The number of fused-ring (bicyclic) bond motifs is 1. The Balaban J connectivity index is 2.02. The van der Waals surface area contributed by atoms with Crippen LogP contribution in [0.1, 0.15) is 0 Å². The maximum Gasteiger partial charge on any atom is 0.151 e. The number of halogens is 1. The molecule has 3 aromatic rings. The first kappa shape index (κ1) is 14.3. The van der Waals surface area contributed by atoms with Crippen molar-refractivity contribution >= 4 is 55.6 Å². The monoisotopic (exact) mass is 413 g/mol. The van der Waals surface area contributed by atoms with Gasteiger partial charge in [0.05, 0.1) is 27.3 Å². The third-order valence-corrected chi connectivity index (χ3v) is 4.79. The van der Waals surface area contributed by atoms with Crippen LogP contribution in [-0.4, -0.2) is 24.2 Å². The van der Waals surface area contributed by atoms with Gasteiger partial charge in [-0.15, -0.1) is 11.3 Å². The first-order chi connectivity index (χ1) is 10.2. The molecule has 0 spiro atoms. The number of hydrogen-bond donors (Lipinski definition) is 1. The fraction of sp³-hybridized carbons (Fsp3) is 0.143. The van der Waals surface area contributed by atoms with Crippen LogP contribution in [0.25, 0.3) is 10.2 Å². The SMILES string of the molecule is COc1cc(Nc2ncnc3cc(I)sc23)cc(OC)c1. The Morgan fingerprint density at radius 3 is 2.43 bits per heavy atom. The molecule has 1 aromatic carbocycles. The van der Waals surface area contributed by atoms with Gasteiger partial charge in [0, 0.05) is 23.9 Å². The van der Waals surface area contributed by atoms with Crippen LogP contribution in [0.15, 0.2) is 30.6 Å². The summed E-state index contributed by atoms with van der Waals surface area (Å²) in [6, 6.07) is 7.67. The van der Waals surface area contributed by atoms with Gasteiger partial charge >= 0.3 is 0 Å². The third kappa shape index (κ3) is 3.03. The molecule has 7 heteroatoms. The van der Waals surface area contributed by atoms with Gasteiger partial charge in [0.15, 0.2) is 5.82 Å². The Morgan fingerprint density at radius 1 is 1.05 bits per heavy atom. The van der Waals surface area contributed by atoms with E-state index < -0.39 is 0 Å². The third-order valence-electron chi connectivity index (χ3n) is 2.90. The fourth-order valence-electron chi connectivity index (χ4n) is 1.93.